The minimum Gasteiger partial charge on any atom is -0.305 e. The van der Waals surface area contributed by atoms with Crippen LogP contribution in [0.25, 0.3) is 22.2 Å². The summed E-state index contributed by atoms with van der Waals surface area (Å²) in [4.78, 5) is 18.9. The van der Waals surface area contributed by atoms with Crippen LogP contribution in [-0.4, -0.2) is 18.4 Å². The van der Waals surface area contributed by atoms with Gasteiger partial charge in [0, 0.05) is 5.56 Å². The first-order valence-electron chi connectivity index (χ1n) is 7.37. The Labute approximate surface area is 146 Å². The molecule has 9 heteroatoms. The quantitative estimate of drug-likeness (QED) is 0.635. The average molecular weight is 368 g/mol. The van der Waals surface area contributed by atoms with Gasteiger partial charge in [-0.25, -0.2) is 17.8 Å². The van der Waals surface area contributed by atoms with Crippen molar-refractivity contribution in [1.82, 2.24) is 14.7 Å². The van der Waals surface area contributed by atoms with E-state index in [1.807, 2.05) is 6.07 Å². The van der Waals surface area contributed by atoms with E-state index < -0.39 is 21.4 Å². The molecule has 2 aromatic carbocycles. The smallest absolute Gasteiger partial charge is 0.262 e. The molecule has 0 radical (unpaired) electrons. The molecule has 0 aliphatic carbocycles. The lowest BCUT2D eigenvalue weighted by atomic mass is 10.1. The lowest BCUT2D eigenvalue weighted by Crippen LogP contribution is -2.16. The van der Waals surface area contributed by atoms with Gasteiger partial charge in [-0.15, -0.1) is 0 Å². The van der Waals surface area contributed by atoms with Gasteiger partial charge in [0.2, 0.25) is 0 Å². The largest absolute Gasteiger partial charge is 0.305 e. The monoisotopic (exact) mass is 368 g/mol. The molecule has 7 nitrogen and oxygen atoms in total. The van der Waals surface area contributed by atoms with Crippen molar-refractivity contribution < 1.29 is 12.8 Å². The highest BCUT2D eigenvalue weighted by atomic mass is 32.2. The van der Waals surface area contributed by atoms with E-state index in [0.717, 1.165) is 12.1 Å². The second-order valence-corrected chi connectivity index (χ2v) is 7.19. The summed E-state index contributed by atoms with van der Waals surface area (Å²) in [5.41, 5.74) is -0.236. The van der Waals surface area contributed by atoms with Crippen molar-refractivity contribution in [2.45, 2.75) is 4.90 Å². The number of fused-ring (bicyclic) bond motifs is 2. The summed E-state index contributed by atoms with van der Waals surface area (Å²) in [6, 6.07) is 11.6. The lowest BCUT2D eigenvalue weighted by Gasteiger charge is -2.06. The maximum absolute atomic E-state index is 13.3. The Bertz CT molecular complexity index is 1320. The third-order valence-corrected chi connectivity index (χ3v) is 5.36. The Morgan fingerprint density at radius 1 is 1.19 bits per heavy atom. The molecule has 1 aliphatic heterocycles. The summed E-state index contributed by atoms with van der Waals surface area (Å²) in [5.74, 6) is -0.695. The molecule has 0 spiro atoms. The van der Waals surface area contributed by atoms with Crippen molar-refractivity contribution in [3.63, 3.8) is 0 Å². The lowest BCUT2D eigenvalue weighted by molar-refractivity contribution is 0.594. The van der Waals surface area contributed by atoms with Crippen molar-refractivity contribution >= 4 is 32.2 Å². The maximum Gasteiger partial charge on any atom is 0.262 e. The Kier molecular flexibility index (Phi) is 3.38. The Balaban J connectivity index is 2.02. The number of H-pyrrole nitrogens is 1. The van der Waals surface area contributed by atoms with Crippen LogP contribution in [0.2, 0.25) is 0 Å². The first kappa shape index (κ1) is 16.0. The molecular weight excluding hydrogens is 359 g/mol. The molecule has 2 N–H and O–H groups in total. The summed E-state index contributed by atoms with van der Waals surface area (Å²) in [7, 11) is -3.80. The zero-order chi connectivity index (χ0) is 18.5. The number of aromatic nitrogens is 2. The number of hydrogen-bond donors (Lipinski definition) is 2. The summed E-state index contributed by atoms with van der Waals surface area (Å²) in [6.45, 7) is 0. The molecule has 26 heavy (non-hydrogen) atoms. The Morgan fingerprint density at radius 2 is 1.96 bits per heavy atom. The van der Waals surface area contributed by atoms with Crippen LogP contribution in [0.1, 0.15) is 11.4 Å². The predicted octanol–water partition coefficient (Wildman–Crippen LogP) is 1.75. The van der Waals surface area contributed by atoms with Crippen molar-refractivity contribution in [3.8, 4) is 6.07 Å². The fraction of sp³-hybridized carbons (Fsp3) is 0. The molecular formula is C17H9FN4O3S. The summed E-state index contributed by atoms with van der Waals surface area (Å²) in [5, 5.41) is 9.61. The SMILES string of the molecule is N#C/C(=C1/NS(=O)(=O)c2ccccc21)c1nc2ccc(F)cc2c(=O)[nH]1. The second kappa shape index (κ2) is 5.50. The topological polar surface area (TPSA) is 116 Å². The van der Waals surface area contributed by atoms with Gasteiger partial charge in [0.25, 0.3) is 15.6 Å². The van der Waals surface area contributed by atoms with Crippen LogP contribution < -0.4 is 10.3 Å². The van der Waals surface area contributed by atoms with Crippen LogP contribution in [0, 0.1) is 17.1 Å². The van der Waals surface area contributed by atoms with E-state index in [0.29, 0.717) is 5.56 Å². The highest BCUT2D eigenvalue weighted by Crippen LogP contribution is 2.34. The maximum atomic E-state index is 13.3. The van der Waals surface area contributed by atoms with Crippen LogP contribution >= 0.6 is 0 Å². The molecule has 1 aliphatic rings. The van der Waals surface area contributed by atoms with Gasteiger partial charge in [0.1, 0.15) is 17.5 Å². The van der Waals surface area contributed by atoms with Gasteiger partial charge in [-0.3, -0.25) is 9.52 Å². The summed E-state index contributed by atoms with van der Waals surface area (Å²) in [6.07, 6.45) is 0. The van der Waals surface area contributed by atoms with Crippen molar-refractivity contribution in [2.75, 3.05) is 0 Å². The molecule has 0 unspecified atom stereocenters. The van der Waals surface area contributed by atoms with Crippen LogP contribution in [0.5, 0.6) is 0 Å². The Hall–Kier alpha value is -3.51. The van der Waals surface area contributed by atoms with Gasteiger partial charge in [0.15, 0.2) is 5.82 Å². The highest BCUT2D eigenvalue weighted by molar-refractivity contribution is 7.90. The zero-order valence-electron chi connectivity index (χ0n) is 12.9. The van der Waals surface area contributed by atoms with E-state index in [4.69, 9.17) is 0 Å². The average Bonchev–Trinajstić information content (AvgIpc) is 2.88. The predicted molar refractivity (Wildman–Crippen MR) is 91.5 cm³/mol. The van der Waals surface area contributed by atoms with Gasteiger partial charge in [-0.05, 0) is 24.3 Å². The second-order valence-electron chi connectivity index (χ2n) is 5.54. The van der Waals surface area contributed by atoms with Crippen LogP contribution in [0.15, 0.2) is 52.2 Å². The van der Waals surface area contributed by atoms with E-state index in [1.54, 1.807) is 18.2 Å². The molecule has 1 aromatic heterocycles. The van der Waals surface area contributed by atoms with Crippen molar-refractivity contribution in [1.29, 1.82) is 5.26 Å². The molecule has 2 heterocycles. The van der Waals surface area contributed by atoms with E-state index in [9.17, 15) is 22.9 Å². The number of rotatable bonds is 1. The number of nitrogens with zero attached hydrogens (tertiary/aromatic N) is 2. The molecule has 0 fully saturated rings. The van der Waals surface area contributed by atoms with Crippen molar-refractivity contribution in [2.24, 2.45) is 0 Å². The molecule has 4 rings (SSSR count). The highest BCUT2D eigenvalue weighted by Gasteiger charge is 2.32. The normalized spacial score (nSPS) is 16.6. The van der Waals surface area contributed by atoms with Gasteiger partial charge < -0.3 is 4.98 Å². The first-order valence-corrected chi connectivity index (χ1v) is 8.85. The third-order valence-electron chi connectivity index (χ3n) is 3.95. The zero-order valence-corrected chi connectivity index (χ0v) is 13.8. The van der Waals surface area contributed by atoms with Gasteiger partial charge >= 0.3 is 0 Å². The first-order chi connectivity index (χ1) is 12.4. The fourth-order valence-corrected chi connectivity index (χ4v) is 4.10. The number of benzene rings is 2. The minimum absolute atomic E-state index is 0.0310. The molecule has 128 valence electrons. The minimum atomic E-state index is -3.80. The van der Waals surface area contributed by atoms with Crippen molar-refractivity contribution in [3.05, 3.63) is 70.0 Å². The number of hydrogen-bond acceptors (Lipinski definition) is 5. The third kappa shape index (κ3) is 2.35. The number of aromatic amines is 1. The summed E-state index contributed by atoms with van der Waals surface area (Å²) >= 11 is 0. The number of nitriles is 1. The standard InChI is InChI=1S/C17H9FN4O3S/c18-9-5-6-13-11(7-9)17(23)21-16(20-13)12(8-19)15-10-3-1-2-4-14(10)26(24,25)22-15/h1-7,22H,(H,20,21,23)/b15-12-. The number of nitrogens with one attached hydrogen (secondary N) is 2. The number of halogens is 1. The molecule has 0 bridgehead atoms. The van der Waals surface area contributed by atoms with Gasteiger partial charge in [-0.1, -0.05) is 18.2 Å². The summed E-state index contributed by atoms with van der Waals surface area (Å²) < 4.78 is 40.1. The van der Waals surface area contributed by atoms with Crippen LogP contribution in [-0.2, 0) is 10.0 Å². The molecule has 0 saturated carbocycles. The van der Waals surface area contributed by atoms with Gasteiger partial charge in [0.05, 0.1) is 21.5 Å². The molecule has 0 saturated heterocycles. The molecule has 0 atom stereocenters. The van der Waals surface area contributed by atoms with Crippen LogP contribution in [0.3, 0.4) is 0 Å². The molecule has 0 amide bonds. The van der Waals surface area contributed by atoms with E-state index >= 15 is 0 Å². The molecule has 3 aromatic rings. The number of sulfonamides is 1. The van der Waals surface area contributed by atoms with Gasteiger partial charge in [-0.2, -0.15) is 5.26 Å². The van der Waals surface area contributed by atoms with Crippen LogP contribution in [0.4, 0.5) is 4.39 Å². The number of allylic oxidation sites excluding steroid dienone is 1. The van der Waals surface area contributed by atoms with E-state index in [-0.39, 0.29) is 32.9 Å². The Morgan fingerprint density at radius 3 is 2.73 bits per heavy atom. The van der Waals surface area contributed by atoms with E-state index in [1.165, 1.54) is 12.1 Å². The fourth-order valence-electron chi connectivity index (χ4n) is 2.79. The van der Waals surface area contributed by atoms with E-state index in [2.05, 4.69) is 14.7 Å².